The Balaban J connectivity index is 1.38. The van der Waals surface area contributed by atoms with Crippen molar-refractivity contribution in [1.29, 1.82) is 0 Å². The van der Waals surface area contributed by atoms with Crippen LogP contribution in [0.3, 0.4) is 0 Å². The summed E-state index contributed by atoms with van der Waals surface area (Å²) in [5.74, 6) is -0.0732. The molecule has 0 aromatic heterocycles. The molecule has 2 saturated heterocycles. The number of carbonyl (C=O) groups is 1. The second-order valence-electron chi connectivity index (χ2n) is 9.34. The quantitative estimate of drug-likeness (QED) is 0.511. The Morgan fingerprint density at radius 1 is 1.06 bits per heavy atom. The van der Waals surface area contributed by atoms with Crippen LogP contribution in [0.25, 0.3) is 0 Å². The van der Waals surface area contributed by atoms with Gasteiger partial charge < -0.3 is 10.2 Å². The molecule has 1 N–H and O–H groups in total. The van der Waals surface area contributed by atoms with Crippen LogP contribution >= 0.6 is 0 Å². The standard InChI is InChI=1S/C25H41N3O3S/c1-2-24-15-6-7-17-27(24)18-10-16-26-25(29)23-14-8-19-28(21-23)32(30,31)20-9-13-22-11-4-3-5-12-22/h3-5,11-12,23-24H,2,6-10,13-21H2,1H3,(H,26,29)/t23-,24+/m1/s1. The summed E-state index contributed by atoms with van der Waals surface area (Å²) >= 11 is 0. The molecule has 1 aromatic rings. The second kappa shape index (κ2) is 12.7. The van der Waals surface area contributed by atoms with Crippen LogP contribution in [-0.2, 0) is 21.2 Å². The number of sulfonamides is 1. The average molecular weight is 464 g/mol. The molecule has 1 aromatic carbocycles. The highest BCUT2D eigenvalue weighted by Gasteiger charge is 2.32. The van der Waals surface area contributed by atoms with E-state index in [0.29, 0.717) is 32.1 Å². The van der Waals surface area contributed by atoms with E-state index in [-0.39, 0.29) is 17.6 Å². The van der Waals surface area contributed by atoms with E-state index in [9.17, 15) is 13.2 Å². The number of carbonyl (C=O) groups excluding carboxylic acids is 1. The van der Waals surface area contributed by atoms with Gasteiger partial charge in [-0.1, -0.05) is 43.7 Å². The molecule has 180 valence electrons. The molecule has 3 rings (SSSR count). The summed E-state index contributed by atoms with van der Waals surface area (Å²) in [5.41, 5.74) is 1.16. The van der Waals surface area contributed by atoms with Gasteiger partial charge in [0, 0.05) is 32.2 Å². The fourth-order valence-corrected chi connectivity index (χ4v) is 6.68. The van der Waals surface area contributed by atoms with Crippen molar-refractivity contribution in [3.05, 3.63) is 35.9 Å². The normalized spacial score (nSPS) is 23.2. The summed E-state index contributed by atoms with van der Waals surface area (Å²) < 4.78 is 27.2. The molecule has 0 bridgehead atoms. The van der Waals surface area contributed by atoms with Gasteiger partial charge >= 0.3 is 0 Å². The van der Waals surface area contributed by atoms with E-state index < -0.39 is 10.0 Å². The summed E-state index contributed by atoms with van der Waals surface area (Å²) in [6.07, 6.45) is 8.94. The minimum Gasteiger partial charge on any atom is -0.356 e. The zero-order chi connectivity index (χ0) is 22.8. The van der Waals surface area contributed by atoms with Crippen LogP contribution in [0.5, 0.6) is 0 Å². The first-order valence-corrected chi connectivity index (χ1v) is 14.1. The largest absolute Gasteiger partial charge is 0.356 e. The lowest BCUT2D eigenvalue weighted by Gasteiger charge is -2.35. The van der Waals surface area contributed by atoms with Crippen LogP contribution in [0, 0.1) is 5.92 Å². The number of benzene rings is 1. The monoisotopic (exact) mass is 463 g/mol. The van der Waals surface area contributed by atoms with E-state index in [0.717, 1.165) is 37.8 Å². The van der Waals surface area contributed by atoms with Crippen LogP contribution in [0.15, 0.2) is 30.3 Å². The molecule has 2 aliphatic heterocycles. The summed E-state index contributed by atoms with van der Waals surface area (Å²) in [4.78, 5) is 15.3. The minimum atomic E-state index is -3.32. The molecule has 2 aliphatic rings. The third-order valence-corrected chi connectivity index (χ3v) is 8.92. The number of aryl methyl sites for hydroxylation is 1. The molecule has 2 atom stereocenters. The minimum absolute atomic E-state index is 0.0138. The predicted octanol–water partition coefficient (Wildman–Crippen LogP) is 3.43. The average Bonchev–Trinajstić information content (AvgIpc) is 2.82. The van der Waals surface area contributed by atoms with Crippen LogP contribution in [-0.4, -0.2) is 68.0 Å². The zero-order valence-electron chi connectivity index (χ0n) is 19.7. The van der Waals surface area contributed by atoms with Gasteiger partial charge in [-0.15, -0.1) is 0 Å². The topological polar surface area (TPSA) is 69.7 Å². The van der Waals surface area contributed by atoms with E-state index >= 15 is 0 Å². The van der Waals surface area contributed by atoms with E-state index in [2.05, 4.69) is 17.1 Å². The predicted molar refractivity (Wildman–Crippen MR) is 130 cm³/mol. The first-order chi connectivity index (χ1) is 15.5. The summed E-state index contributed by atoms with van der Waals surface area (Å²) in [7, 11) is -3.32. The molecule has 2 heterocycles. The lowest BCUT2D eigenvalue weighted by Crippen LogP contribution is -2.46. The fourth-order valence-electron chi connectivity index (χ4n) is 5.10. The molecule has 7 heteroatoms. The maximum Gasteiger partial charge on any atom is 0.224 e. The van der Waals surface area contributed by atoms with Crippen molar-refractivity contribution in [2.75, 3.05) is 38.5 Å². The Bertz CT molecular complexity index is 800. The highest BCUT2D eigenvalue weighted by molar-refractivity contribution is 7.89. The molecule has 1 amide bonds. The molecule has 0 saturated carbocycles. The Kier molecular flexibility index (Phi) is 10.0. The third kappa shape index (κ3) is 7.56. The highest BCUT2D eigenvalue weighted by atomic mass is 32.2. The molecule has 32 heavy (non-hydrogen) atoms. The van der Waals surface area contributed by atoms with Crippen molar-refractivity contribution in [3.8, 4) is 0 Å². The molecule has 0 unspecified atom stereocenters. The van der Waals surface area contributed by atoms with Gasteiger partial charge in [0.05, 0.1) is 11.7 Å². The molecule has 6 nitrogen and oxygen atoms in total. The molecular formula is C25H41N3O3S. The van der Waals surface area contributed by atoms with Gasteiger partial charge in [0.2, 0.25) is 15.9 Å². The van der Waals surface area contributed by atoms with Crippen LogP contribution in [0.1, 0.15) is 63.9 Å². The molecular weight excluding hydrogens is 422 g/mol. The van der Waals surface area contributed by atoms with Gasteiger partial charge in [-0.3, -0.25) is 4.79 Å². The Labute approximate surface area is 194 Å². The van der Waals surface area contributed by atoms with Crippen molar-refractivity contribution in [2.24, 2.45) is 5.92 Å². The van der Waals surface area contributed by atoms with Crippen molar-refractivity contribution >= 4 is 15.9 Å². The number of rotatable bonds is 11. The van der Waals surface area contributed by atoms with Crippen molar-refractivity contribution in [2.45, 2.75) is 70.8 Å². The smallest absolute Gasteiger partial charge is 0.224 e. The fraction of sp³-hybridized carbons (Fsp3) is 0.720. The number of piperidine rings is 2. The van der Waals surface area contributed by atoms with Crippen molar-refractivity contribution in [1.82, 2.24) is 14.5 Å². The SMILES string of the molecule is CC[C@H]1CCCCN1CCCNC(=O)[C@@H]1CCCN(S(=O)(=O)CCCc2ccccc2)C1. The van der Waals surface area contributed by atoms with E-state index in [1.165, 1.54) is 32.2 Å². The number of amides is 1. The first-order valence-electron chi connectivity index (χ1n) is 12.5. The van der Waals surface area contributed by atoms with Crippen molar-refractivity contribution in [3.63, 3.8) is 0 Å². The van der Waals surface area contributed by atoms with Gasteiger partial charge in [0.1, 0.15) is 0 Å². The van der Waals surface area contributed by atoms with E-state index in [1.54, 1.807) is 4.31 Å². The maximum atomic E-state index is 12.8. The third-order valence-electron chi connectivity index (χ3n) is 7.00. The second-order valence-corrected chi connectivity index (χ2v) is 11.4. The van der Waals surface area contributed by atoms with Gasteiger partial charge in [-0.05, 0) is 63.5 Å². The van der Waals surface area contributed by atoms with Gasteiger partial charge in [-0.2, -0.15) is 0 Å². The van der Waals surface area contributed by atoms with E-state index in [4.69, 9.17) is 0 Å². The molecule has 0 spiro atoms. The number of likely N-dealkylation sites (tertiary alicyclic amines) is 1. The number of hydrogen-bond acceptors (Lipinski definition) is 4. The Morgan fingerprint density at radius 3 is 2.66 bits per heavy atom. The molecule has 0 aliphatic carbocycles. The van der Waals surface area contributed by atoms with Gasteiger partial charge in [-0.25, -0.2) is 12.7 Å². The van der Waals surface area contributed by atoms with Crippen LogP contribution < -0.4 is 5.32 Å². The Morgan fingerprint density at radius 2 is 1.88 bits per heavy atom. The van der Waals surface area contributed by atoms with Crippen LogP contribution in [0.2, 0.25) is 0 Å². The van der Waals surface area contributed by atoms with Gasteiger partial charge in [0.15, 0.2) is 0 Å². The van der Waals surface area contributed by atoms with Gasteiger partial charge in [0.25, 0.3) is 0 Å². The molecule has 0 radical (unpaired) electrons. The summed E-state index contributed by atoms with van der Waals surface area (Å²) in [6.45, 7) is 5.99. The first kappa shape index (κ1) is 25.2. The summed E-state index contributed by atoms with van der Waals surface area (Å²) in [5, 5.41) is 3.07. The zero-order valence-corrected chi connectivity index (χ0v) is 20.5. The number of hydrogen-bond donors (Lipinski definition) is 1. The lowest BCUT2D eigenvalue weighted by atomic mass is 9.98. The molecule has 2 fully saturated rings. The summed E-state index contributed by atoms with van der Waals surface area (Å²) in [6, 6.07) is 10.7. The highest BCUT2D eigenvalue weighted by Crippen LogP contribution is 2.21. The van der Waals surface area contributed by atoms with E-state index in [1.807, 2.05) is 30.3 Å². The number of nitrogens with zero attached hydrogens (tertiary/aromatic N) is 2. The maximum absolute atomic E-state index is 12.8. The lowest BCUT2D eigenvalue weighted by molar-refractivity contribution is -0.126. The van der Waals surface area contributed by atoms with Crippen molar-refractivity contribution < 1.29 is 13.2 Å². The van der Waals surface area contributed by atoms with Crippen LogP contribution in [0.4, 0.5) is 0 Å². The number of nitrogens with one attached hydrogen (secondary N) is 1. The Hall–Kier alpha value is -1.44.